The Bertz CT molecular complexity index is 822. The molecule has 8 atom stereocenters. The number of aliphatic hydroxyl groups is 3. The van der Waals surface area contributed by atoms with Crippen LogP contribution in [0, 0.1) is 11.8 Å². The normalized spacial score (nSPS) is 34.7. The third-order valence-corrected chi connectivity index (χ3v) is 10.0. The molecular weight excluding hydrogens is 540 g/mol. The largest absolute Gasteiger partial charge is 0.394 e. The molecule has 2 amide bonds. The zero-order valence-electron chi connectivity index (χ0n) is 25.7. The number of carbonyl (C=O) groups is 2. The van der Waals surface area contributed by atoms with Gasteiger partial charge in [-0.3, -0.25) is 9.59 Å². The van der Waals surface area contributed by atoms with Gasteiger partial charge in [0.05, 0.1) is 25.4 Å². The number of unbranched alkanes of at least 4 members (excludes halogenated alkanes) is 2. The highest BCUT2D eigenvalue weighted by atomic mass is 16.7. The summed E-state index contributed by atoms with van der Waals surface area (Å²) in [5.41, 5.74) is 0. The molecule has 2 aliphatic carbocycles. The summed E-state index contributed by atoms with van der Waals surface area (Å²) < 4.78 is 17.9. The number of carbonyl (C=O) groups excluding carboxylic acids is 2. The van der Waals surface area contributed by atoms with Gasteiger partial charge >= 0.3 is 0 Å². The summed E-state index contributed by atoms with van der Waals surface area (Å²) in [6.45, 7) is 2.62. The van der Waals surface area contributed by atoms with Crippen LogP contribution >= 0.6 is 0 Å². The monoisotopic (exact) mass is 596 g/mol. The van der Waals surface area contributed by atoms with Gasteiger partial charge in [-0.15, -0.1) is 0 Å². The molecule has 2 saturated carbocycles. The Morgan fingerprint density at radius 3 is 2.38 bits per heavy atom. The van der Waals surface area contributed by atoms with Gasteiger partial charge in [0.2, 0.25) is 11.8 Å². The van der Waals surface area contributed by atoms with Crippen molar-refractivity contribution in [3.05, 3.63) is 0 Å². The van der Waals surface area contributed by atoms with Crippen molar-refractivity contribution in [3.63, 3.8) is 0 Å². The standard InChI is InChI=1S/C32H56N2O8/c1-22(36)33-29-31(39)30(38)27(20-35)42-32(29)40-18-8-4-7-16-28(37)34-17-10-14-25(34)21-41-26-15-9-13-24(19-26)23-11-5-2-3-6-12-23/h23-27,29-32,35,38-39H,2-21H2,1H3,(H,33,36)/t24?,25-,26?,27?,29?,30?,31?,32?/m0/s1. The van der Waals surface area contributed by atoms with Crippen LogP contribution in [0.1, 0.15) is 110 Å². The van der Waals surface area contributed by atoms with Crippen molar-refractivity contribution in [2.24, 2.45) is 11.8 Å². The summed E-state index contributed by atoms with van der Waals surface area (Å²) in [5.74, 6) is 1.53. The zero-order chi connectivity index (χ0) is 29.9. The number of nitrogens with zero attached hydrogens (tertiary/aromatic N) is 1. The number of nitrogens with one attached hydrogen (secondary N) is 1. The second-order valence-electron chi connectivity index (χ2n) is 13.1. The summed E-state index contributed by atoms with van der Waals surface area (Å²) in [4.78, 5) is 26.7. The third-order valence-electron chi connectivity index (χ3n) is 10.0. The second-order valence-corrected chi connectivity index (χ2v) is 13.1. The smallest absolute Gasteiger partial charge is 0.222 e. The lowest BCUT2D eigenvalue weighted by atomic mass is 9.76. The maximum absolute atomic E-state index is 13.1. The molecule has 0 aromatic rings. The van der Waals surface area contributed by atoms with Crippen LogP contribution in [0.25, 0.3) is 0 Å². The lowest BCUT2D eigenvalue weighted by Gasteiger charge is -2.42. The average molecular weight is 597 g/mol. The number of likely N-dealkylation sites (tertiary alicyclic amines) is 1. The minimum Gasteiger partial charge on any atom is -0.394 e. The fourth-order valence-electron chi connectivity index (χ4n) is 7.64. The average Bonchev–Trinajstić information content (AvgIpc) is 3.29. The van der Waals surface area contributed by atoms with Gasteiger partial charge in [0.15, 0.2) is 6.29 Å². The molecule has 0 radical (unpaired) electrons. The second kappa shape index (κ2) is 17.3. The quantitative estimate of drug-likeness (QED) is 0.188. The predicted octanol–water partition coefficient (Wildman–Crippen LogP) is 3.04. The first kappa shape index (κ1) is 33.6. The Morgan fingerprint density at radius 1 is 0.881 bits per heavy atom. The van der Waals surface area contributed by atoms with Gasteiger partial charge in [0.25, 0.3) is 0 Å². The van der Waals surface area contributed by atoms with Gasteiger partial charge in [-0.2, -0.15) is 0 Å². The topological polar surface area (TPSA) is 138 Å². The Morgan fingerprint density at radius 2 is 1.64 bits per heavy atom. The van der Waals surface area contributed by atoms with E-state index in [-0.39, 0.29) is 17.9 Å². The molecule has 2 aliphatic heterocycles. The first-order chi connectivity index (χ1) is 20.4. The Labute approximate surface area is 251 Å². The first-order valence-electron chi connectivity index (χ1n) is 16.8. The molecule has 4 fully saturated rings. The summed E-state index contributed by atoms with van der Waals surface area (Å²) in [6, 6.07) is -0.748. The van der Waals surface area contributed by atoms with Crippen LogP contribution in [0.4, 0.5) is 0 Å². The molecule has 10 nitrogen and oxygen atoms in total. The molecule has 2 saturated heterocycles. The van der Waals surface area contributed by atoms with Crippen LogP contribution in [0.2, 0.25) is 0 Å². The maximum atomic E-state index is 13.1. The molecule has 0 spiro atoms. The van der Waals surface area contributed by atoms with E-state index in [1.165, 1.54) is 64.7 Å². The molecule has 42 heavy (non-hydrogen) atoms. The van der Waals surface area contributed by atoms with Crippen LogP contribution in [-0.2, 0) is 23.8 Å². The van der Waals surface area contributed by atoms with Crippen LogP contribution in [0.5, 0.6) is 0 Å². The van der Waals surface area contributed by atoms with E-state index in [2.05, 4.69) is 5.32 Å². The highest BCUT2D eigenvalue weighted by molar-refractivity contribution is 5.76. The van der Waals surface area contributed by atoms with E-state index in [1.54, 1.807) is 0 Å². The number of rotatable bonds is 13. The van der Waals surface area contributed by atoms with Crippen molar-refractivity contribution in [1.29, 1.82) is 0 Å². The molecular formula is C32H56N2O8. The minimum absolute atomic E-state index is 0.189. The van der Waals surface area contributed by atoms with E-state index in [4.69, 9.17) is 14.2 Å². The fourth-order valence-corrected chi connectivity index (χ4v) is 7.64. The number of ether oxygens (including phenoxy) is 3. The Balaban J connectivity index is 1.13. The molecule has 2 heterocycles. The van der Waals surface area contributed by atoms with Crippen LogP contribution in [0.15, 0.2) is 0 Å². The molecule has 10 heteroatoms. The van der Waals surface area contributed by atoms with Crippen molar-refractivity contribution >= 4 is 11.8 Å². The highest BCUT2D eigenvalue weighted by Gasteiger charge is 2.45. The number of hydrogen-bond donors (Lipinski definition) is 4. The van der Waals surface area contributed by atoms with E-state index in [0.29, 0.717) is 32.2 Å². The predicted molar refractivity (Wildman–Crippen MR) is 157 cm³/mol. The lowest BCUT2D eigenvalue weighted by molar-refractivity contribution is -0.270. The van der Waals surface area contributed by atoms with Gasteiger partial charge in [-0.25, -0.2) is 0 Å². The molecule has 4 aliphatic rings. The van der Waals surface area contributed by atoms with E-state index in [0.717, 1.165) is 50.5 Å². The molecule has 4 rings (SSSR count). The molecule has 0 bridgehead atoms. The number of hydrogen-bond acceptors (Lipinski definition) is 8. The van der Waals surface area contributed by atoms with Crippen molar-refractivity contribution in [2.45, 2.75) is 152 Å². The van der Waals surface area contributed by atoms with Gasteiger partial charge < -0.3 is 39.7 Å². The van der Waals surface area contributed by atoms with E-state index in [1.807, 2.05) is 4.90 Å². The van der Waals surface area contributed by atoms with E-state index < -0.39 is 37.3 Å². The first-order valence-corrected chi connectivity index (χ1v) is 16.8. The van der Waals surface area contributed by atoms with Gasteiger partial charge in [0, 0.05) is 26.5 Å². The van der Waals surface area contributed by atoms with Crippen molar-refractivity contribution in [2.75, 3.05) is 26.4 Å². The molecule has 0 aromatic heterocycles. The maximum Gasteiger partial charge on any atom is 0.222 e. The van der Waals surface area contributed by atoms with Gasteiger partial charge in [0.1, 0.15) is 24.4 Å². The van der Waals surface area contributed by atoms with Crippen LogP contribution in [0.3, 0.4) is 0 Å². The summed E-state index contributed by atoms with van der Waals surface area (Å²) in [5, 5.41) is 32.5. The number of aliphatic hydroxyl groups excluding tert-OH is 3. The van der Waals surface area contributed by atoms with Crippen molar-refractivity contribution in [3.8, 4) is 0 Å². The molecule has 7 unspecified atom stereocenters. The zero-order valence-corrected chi connectivity index (χ0v) is 25.7. The summed E-state index contributed by atoms with van der Waals surface area (Å²) in [7, 11) is 0. The van der Waals surface area contributed by atoms with Crippen LogP contribution in [-0.4, -0.2) is 101 Å². The number of amides is 2. The lowest BCUT2D eigenvalue weighted by Crippen LogP contribution is -2.64. The van der Waals surface area contributed by atoms with Crippen molar-refractivity contribution in [1.82, 2.24) is 10.2 Å². The minimum atomic E-state index is -1.33. The van der Waals surface area contributed by atoms with Gasteiger partial charge in [-0.05, 0) is 56.8 Å². The fraction of sp³-hybridized carbons (Fsp3) is 0.938. The third kappa shape index (κ3) is 9.60. The molecule has 4 N–H and O–H groups in total. The van der Waals surface area contributed by atoms with Crippen molar-refractivity contribution < 1.29 is 39.1 Å². The Hall–Kier alpha value is -1.30. The van der Waals surface area contributed by atoms with Gasteiger partial charge in [-0.1, -0.05) is 51.4 Å². The summed E-state index contributed by atoms with van der Waals surface area (Å²) in [6.07, 6.45) is 13.9. The SMILES string of the molecule is CC(=O)NC1C(OCCCCCC(=O)N2CCC[C@H]2COC2CCCC(C3CCCCCC3)C2)OC(CO)C(O)C1O. The van der Waals surface area contributed by atoms with E-state index >= 15 is 0 Å². The summed E-state index contributed by atoms with van der Waals surface area (Å²) >= 11 is 0. The molecule has 242 valence electrons. The molecule has 0 aromatic carbocycles. The van der Waals surface area contributed by atoms with E-state index in [9.17, 15) is 24.9 Å². The van der Waals surface area contributed by atoms with Crippen LogP contribution < -0.4 is 5.32 Å². The highest BCUT2D eigenvalue weighted by Crippen LogP contribution is 2.38. The Kier molecular flexibility index (Phi) is 13.8.